The van der Waals surface area contributed by atoms with E-state index < -0.39 is 36.0 Å². The Morgan fingerprint density at radius 3 is 2.50 bits per heavy atom. The van der Waals surface area contributed by atoms with Gasteiger partial charge in [-0.2, -0.15) is 4.80 Å². The Hall–Kier alpha value is -4.41. The van der Waals surface area contributed by atoms with Crippen LogP contribution in [0.15, 0.2) is 65.1 Å². The topological polar surface area (TPSA) is 106 Å². The average molecular weight is 521 g/mol. The van der Waals surface area contributed by atoms with Crippen molar-refractivity contribution in [2.45, 2.75) is 51.2 Å². The number of anilines is 1. The quantitative estimate of drug-likeness (QED) is 0.370. The van der Waals surface area contributed by atoms with E-state index in [-0.39, 0.29) is 17.6 Å². The predicted molar refractivity (Wildman–Crippen MR) is 134 cm³/mol. The van der Waals surface area contributed by atoms with Gasteiger partial charge < -0.3 is 9.73 Å². The Kier molecular flexibility index (Phi) is 7.25. The summed E-state index contributed by atoms with van der Waals surface area (Å²) in [6, 6.07) is 13.0. The van der Waals surface area contributed by atoms with Gasteiger partial charge in [-0.3, -0.25) is 14.5 Å². The first-order valence-corrected chi connectivity index (χ1v) is 12.4. The highest BCUT2D eigenvalue weighted by Crippen LogP contribution is 2.31. The van der Waals surface area contributed by atoms with Crippen molar-refractivity contribution in [1.29, 1.82) is 0 Å². The first-order valence-electron chi connectivity index (χ1n) is 12.4. The number of carbonyl (C=O) groups excluding carboxylic acids is 2. The maximum Gasteiger partial charge on any atom is 0.251 e. The monoisotopic (exact) mass is 520 g/mol. The van der Waals surface area contributed by atoms with E-state index in [1.54, 1.807) is 25.1 Å². The summed E-state index contributed by atoms with van der Waals surface area (Å²) in [5.41, 5.74) is 0.229. The van der Waals surface area contributed by atoms with E-state index in [4.69, 9.17) is 4.42 Å². The summed E-state index contributed by atoms with van der Waals surface area (Å²) in [5, 5.41) is 15.1. The third-order valence-corrected chi connectivity index (χ3v) is 6.46. The molecule has 38 heavy (non-hydrogen) atoms. The number of rotatable bonds is 8. The van der Waals surface area contributed by atoms with E-state index in [0.29, 0.717) is 17.1 Å². The van der Waals surface area contributed by atoms with Crippen molar-refractivity contribution in [2.24, 2.45) is 0 Å². The van der Waals surface area contributed by atoms with Crippen molar-refractivity contribution in [1.82, 2.24) is 25.5 Å². The van der Waals surface area contributed by atoms with Crippen LogP contribution in [-0.2, 0) is 16.1 Å². The summed E-state index contributed by atoms with van der Waals surface area (Å²) in [6.07, 6.45) is 3.59. The summed E-state index contributed by atoms with van der Waals surface area (Å²) in [7, 11) is 0. The molecule has 0 unspecified atom stereocenters. The molecule has 0 spiro atoms. The molecule has 2 aromatic heterocycles. The molecule has 11 heteroatoms. The van der Waals surface area contributed by atoms with Gasteiger partial charge in [-0.05, 0) is 66.9 Å². The van der Waals surface area contributed by atoms with Gasteiger partial charge in [0.05, 0.1) is 5.69 Å². The minimum absolute atomic E-state index is 0.0562. The summed E-state index contributed by atoms with van der Waals surface area (Å²) in [4.78, 5) is 29.6. The Morgan fingerprint density at radius 1 is 1.08 bits per heavy atom. The number of aryl methyl sites for hydroxylation is 1. The fourth-order valence-electron chi connectivity index (χ4n) is 4.64. The smallest absolute Gasteiger partial charge is 0.251 e. The number of hydrogen-bond acceptors (Lipinski definition) is 6. The molecule has 9 nitrogen and oxygen atoms in total. The lowest BCUT2D eigenvalue weighted by Gasteiger charge is -2.32. The molecule has 196 valence electrons. The van der Waals surface area contributed by atoms with Crippen LogP contribution in [0.5, 0.6) is 0 Å². The second kappa shape index (κ2) is 10.9. The van der Waals surface area contributed by atoms with Gasteiger partial charge in [0.15, 0.2) is 5.76 Å². The van der Waals surface area contributed by atoms with Crippen LogP contribution in [0, 0.1) is 18.6 Å². The van der Waals surface area contributed by atoms with Crippen molar-refractivity contribution >= 4 is 17.5 Å². The largest absolute Gasteiger partial charge is 0.458 e. The fourth-order valence-corrected chi connectivity index (χ4v) is 4.64. The number of nitrogens with zero attached hydrogens (tertiary/aromatic N) is 5. The molecule has 1 N–H and O–H groups in total. The zero-order chi connectivity index (χ0) is 26.6. The highest BCUT2D eigenvalue weighted by atomic mass is 19.1. The third-order valence-electron chi connectivity index (χ3n) is 6.46. The van der Waals surface area contributed by atoms with E-state index in [9.17, 15) is 14.0 Å². The van der Waals surface area contributed by atoms with Gasteiger partial charge in [-0.1, -0.05) is 37.1 Å². The maximum atomic E-state index is 15.1. The van der Waals surface area contributed by atoms with Crippen LogP contribution in [0.25, 0.3) is 11.6 Å². The summed E-state index contributed by atoms with van der Waals surface area (Å²) in [6.45, 7) is 1.34. The highest BCUT2D eigenvalue weighted by molar-refractivity contribution is 6.01. The Bertz CT molecular complexity index is 1430. The number of benzene rings is 2. The molecule has 1 aliphatic rings. The zero-order valence-corrected chi connectivity index (χ0v) is 20.7. The average Bonchev–Trinajstić information content (AvgIpc) is 3.67. The molecular weight excluding hydrogens is 494 g/mol. The van der Waals surface area contributed by atoms with Crippen molar-refractivity contribution in [3.05, 3.63) is 83.6 Å². The van der Waals surface area contributed by atoms with E-state index in [0.717, 1.165) is 35.4 Å². The lowest BCUT2D eigenvalue weighted by molar-refractivity contribution is -0.127. The molecule has 0 bridgehead atoms. The second-order valence-electron chi connectivity index (χ2n) is 9.21. The number of nitrogens with one attached hydrogen (secondary N) is 1. The predicted octanol–water partition coefficient (Wildman–Crippen LogP) is 4.35. The van der Waals surface area contributed by atoms with Crippen molar-refractivity contribution in [3.8, 4) is 11.6 Å². The lowest BCUT2D eigenvalue weighted by Crippen LogP contribution is -2.47. The van der Waals surface area contributed by atoms with Crippen LogP contribution < -0.4 is 10.2 Å². The molecule has 5 rings (SSSR count). The molecule has 1 fully saturated rings. The van der Waals surface area contributed by atoms with Crippen LogP contribution in [-0.4, -0.2) is 38.1 Å². The van der Waals surface area contributed by atoms with Crippen molar-refractivity contribution < 1.29 is 22.8 Å². The van der Waals surface area contributed by atoms with Crippen LogP contribution in [0.3, 0.4) is 0 Å². The second-order valence-corrected chi connectivity index (χ2v) is 9.21. The van der Waals surface area contributed by atoms with Crippen LogP contribution >= 0.6 is 0 Å². The number of para-hydroxylation sites is 1. The molecule has 4 aromatic rings. The molecule has 1 atom stereocenters. The number of carbonyl (C=O) groups is 2. The molecule has 2 amide bonds. The Morgan fingerprint density at radius 2 is 1.82 bits per heavy atom. The Labute approximate surface area is 217 Å². The van der Waals surface area contributed by atoms with Gasteiger partial charge in [-0.15, -0.1) is 10.2 Å². The highest BCUT2D eigenvalue weighted by Gasteiger charge is 2.36. The number of halogens is 2. The summed E-state index contributed by atoms with van der Waals surface area (Å²) >= 11 is 0. The van der Waals surface area contributed by atoms with E-state index in [2.05, 4.69) is 20.7 Å². The van der Waals surface area contributed by atoms with E-state index in [1.165, 1.54) is 42.5 Å². The summed E-state index contributed by atoms with van der Waals surface area (Å²) < 4.78 is 34.4. The fraction of sp³-hybridized carbons (Fsp3) is 0.296. The number of aromatic nitrogens is 4. The number of amides is 2. The minimum Gasteiger partial charge on any atom is -0.458 e. The van der Waals surface area contributed by atoms with E-state index >= 15 is 4.39 Å². The van der Waals surface area contributed by atoms with Gasteiger partial charge in [0, 0.05) is 6.04 Å². The molecule has 2 heterocycles. The van der Waals surface area contributed by atoms with Gasteiger partial charge >= 0.3 is 0 Å². The van der Waals surface area contributed by atoms with Crippen LogP contribution in [0.1, 0.15) is 43.0 Å². The maximum absolute atomic E-state index is 15.1. The SMILES string of the molecule is Cc1ccc(-c2nnn(CC(=O)N(c3ccccc3F)[C@@H](C(=O)NC3CCCC3)c3ccc(F)cc3)n2)o1. The van der Waals surface area contributed by atoms with Gasteiger partial charge in [0.1, 0.15) is 30.0 Å². The standard InChI is InChI=1S/C27H26F2N6O3/c1-17-10-15-23(38-17)26-31-33-34(32-26)16-24(36)35(22-9-5-4-8-21(22)29)25(18-11-13-19(28)14-12-18)27(37)30-20-6-2-3-7-20/h4-5,8-15,20,25H,2-3,6-7,16H2,1H3,(H,30,37)/t25-/m1/s1. The zero-order valence-electron chi connectivity index (χ0n) is 20.7. The van der Waals surface area contributed by atoms with Gasteiger partial charge in [0.25, 0.3) is 5.91 Å². The third kappa shape index (κ3) is 5.46. The minimum atomic E-state index is -1.27. The molecule has 0 radical (unpaired) electrons. The lowest BCUT2D eigenvalue weighted by atomic mass is 10.0. The first kappa shape index (κ1) is 25.2. The van der Waals surface area contributed by atoms with Gasteiger partial charge in [-0.25, -0.2) is 8.78 Å². The normalized spacial score (nSPS) is 14.4. The van der Waals surface area contributed by atoms with Crippen LogP contribution in [0.4, 0.5) is 14.5 Å². The van der Waals surface area contributed by atoms with Gasteiger partial charge in [0.2, 0.25) is 11.7 Å². The molecule has 2 aromatic carbocycles. The number of furan rings is 1. The number of tetrazole rings is 1. The first-order chi connectivity index (χ1) is 18.4. The molecule has 0 aliphatic heterocycles. The molecule has 1 saturated carbocycles. The molecule has 0 saturated heterocycles. The van der Waals surface area contributed by atoms with Crippen molar-refractivity contribution in [2.75, 3.05) is 4.90 Å². The van der Waals surface area contributed by atoms with Crippen molar-refractivity contribution in [3.63, 3.8) is 0 Å². The van der Waals surface area contributed by atoms with Crippen LogP contribution in [0.2, 0.25) is 0 Å². The van der Waals surface area contributed by atoms with E-state index in [1.807, 2.05) is 0 Å². The molecular formula is C27H26F2N6O3. The molecule has 1 aliphatic carbocycles. The number of hydrogen-bond donors (Lipinski definition) is 1. The Balaban J connectivity index is 1.52. The summed E-state index contributed by atoms with van der Waals surface area (Å²) in [5.74, 6) is -1.12.